The molecule has 2 aromatic carbocycles. The van der Waals surface area contributed by atoms with Gasteiger partial charge < -0.3 is 14.8 Å². The van der Waals surface area contributed by atoms with Gasteiger partial charge in [0.05, 0.1) is 24.8 Å². The molecular formula is C20H19N3O5S. The number of pyridine rings is 1. The number of hydrogen-bond acceptors (Lipinski definition) is 6. The predicted molar refractivity (Wildman–Crippen MR) is 109 cm³/mol. The number of sulfonamides is 1. The van der Waals surface area contributed by atoms with Gasteiger partial charge >= 0.3 is 0 Å². The van der Waals surface area contributed by atoms with E-state index in [0.717, 1.165) is 0 Å². The topological polar surface area (TPSA) is 107 Å². The summed E-state index contributed by atoms with van der Waals surface area (Å²) >= 11 is 0. The molecule has 1 amide bonds. The van der Waals surface area contributed by atoms with E-state index in [2.05, 4.69) is 15.0 Å². The van der Waals surface area contributed by atoms with Crippen LogP contribution in [0.15, 0.2) is 71.8 Å². The molecule has 2 N–H and O–H groups in total. The zero-order chi connectivity index (χ0) is 20.9. The molecule has 0 fully saturated rings. The van der Waals surface area contributed by atoms with Crippen molar-refractivity contribution in [3.63, 3.8) is 0 Å². The molecular weight excluding hydrogens is 394 g/mol. The fourth-order valence-corrected chi connectivity index (χ4v) is 3.59. The number of benzene rings is 2. The van der Waals surface area contributed by atoms with Gasteiger partial charge in [0.25, 0.3) is 15.9 Å². The molecule has 3 aromatic rings. The van der Waals surface area contributed by atoms with E-state index in [9.17, 15) is 13.2 Å². The lowest BCUT2D eigenvalue weighted by Gasteiger charge is -2.13. The molecule has 0 saturated heterocycles. The number of hydrogen-bond donors (Lipinski definition) is 2. The Kier molecular flexibility index (Phi) is 5.99. The molecule has 1 heterocycles. The third-order valence-electron chi connectivity index (χ3n) is 3.97. The molecule has 0 bridgehead atoms. The number of ether oxygens (including phenoxy) is 2. The van der Waals surface area contributed by atoms with E-state index >= 15 is 0 Å². The molecule has 8 nitrogen and oxygen atoms in total. The predicted octanol–water partition coefficient (Wildman–Crippen LogP) is 3.15. The first-order valence-electron chi connectivity index (χ1n) is 8.50. The molecule has 0 unspecified atom stereocenters. The van der Waals surface area contributed by atoms with Crippen molar-refractivity contribution in [2.45, 2.75) is 4.90 Å². The standard InChI is InChI=1S/C20H19N3O5S/c1-27-15-8-6-14(7-9-15)23-29(25,26)16-10-11-19(28-2)18(13-16)22-20(24)17-5-3-4-12-21-17/h3-13,23H,1-2H3,(H,22,24). The van der Waals surface area contributed by atoms with Gasteiger partial charge in [-0.15, -0.1) is 0 Å². The van der Waals surface area contributed by atoms with Crippen molar-refractivity contribution in [1.82, 2.24) is 4.98 Å². The van der Waals surface area contributed by atoms with E-state index in [1.54, 1.807) is 42.5 Å². The van der Waals surface area contributed by atoms with Gasteiger partial charge in [0.1, 0.15) is 17.2 Å². The van der Waals surface area contributed by atoms with E-state index in [1.165, 1.54) is 38.6 Å². The van der Waals surface area contributed by atoms with E-state index in [-0.39, 0.29) is 16.3 Å². The first-order chi connectivity index (χ1) is 13.9. The van der Waals surface area contributed by atoms with Crippen molar-refractivity contribution >= 4 is 27.3 Å². The lowest BCUT2D eigenvalue weighted by molar-refractivity contribution is 0.102. The second-order valence-electron chi connectivity index (χ2n) is 5.87. The number of rotatable bonds is 7. The Morgan fingerprint density at radius 2 is 1.72 bits per heavy atom. The van der Waals surface area contributed by atoms with Crippen LogP contribution in [0.4, 0.5) is 11.4 Å². The van der Waals surface area contributed by atoms with Crippen LogP contribution in [0.2, 0.25) is 0 Å². The van der Waals surface area contributed by atoms with Gasteiger partial charge in [-0.1, -0.05) is 6.07 Å². The zero-order valence-electron chi connectivity index (χ0n) is 15.7. The zero-order valence-corrected chi connectivity index (χ0v) is 16.6. The second-order valence-corrected chi connectivity index (χ2v) is 7.55. The quantitative estimate of drug-likeness (QED) is 0.616. The third kappa shape index (κ3) is 4.82. The van der Waals surface area contributed by atoms with Gasteiger partial charge in [0.15, 0.2) is 0 Å². The number of anilines is 2. The maximum atomic E-state index is 12.8. The number of nitrogens with one attached hydrogen (secondary N) is 2. The SMILES string of the molecule is COc1ccc(NS(=O)(=O)c2ccc(OC)c(NC(=O)c3ccccn3)c2)cc1. The monoisotopic (exact) mass is 413 g/mol. The molecule has 0 atom stereocenters. The molecule has 1 aromatic heterocycles. The maximum absolute atomic E-state index is 12.8. The summed E-state index contributed by atoms with van der Waals surface area (Å²) in [4.78, 5) is 16.3. The summed E-state index contributed by atoms with van der Waals surface area (Å²) in [5.41, 5.74) is 0.778. The van der Waals surface area contributed by atoms with Crippen molar-refractivity contribution in [3.05, 3.63) is 72.6 Å². The summed E-state index contributed by atoms with van der Waals surface area (Å²) in [6, 6.07) is 15.6. The lowest BCUT2D eigenvalue weighted by atomic mass is 10.2. The van der Waals surface area contributed by atoms with Crippen LogP contribution in [0.1, 0.15) is 10.5 Å². The average Bonchev–Trinajstić information content (AvgIpc) is 2.74. The molecule has 3 rings (SSSR count). The Labute approximate surface area is 168 Å². The average molecular weight is 413 g/mol. The number of carbonyl (C=O) groups excluding carboxylic acids is 1. The highest BCUT2D eigenvalue weighted by Gasteiger charge is 2.18. The molecule has 0 radical (unpaired) electrons. The Morgan fingerprint density at radius 3 is 2.34 bits per heavy atom. The summed E-state index contributed by atoms with van der Waals surface area (Å²) in [5.74, 6) is 0.441. The van der Waals surface area contributed by atoms with Crippen molar-refractivity contribution in [3.8, 4) is 11.5 Å². The normalized spacial score (nSPS) is 10.8. The first-order valence-corrected chi connectivity index (χ1v) is 9.98. The second kappa shape index (κ2) is 8.61. The molecule has 9 heteroatoms. The number of nitrogens with zero attached hydrogens (tertiary/aromatic N) is 1. The molecule has 0 saturated carbocycles. The fourth-order valence-electron chi connectivity index (χ4n) is 2.51. The lowest BCUT2D eigenvalue weighted by Crippen LogP contribution is -2.16. The minimum absolute atomic E-state index is 0.0366. The maximum Gasteiger partial charge on any atom is 0.274 e. The van der Waals surface area contributed by atoms with Crippen LogP contribution in [0.5, 0.6) is 11.5 Å². The largest absolute Gasteiger partial charge is 0.497 e. The number of carbonyl (C=O) groups is 1. The van der Waals surface area contributed by atoms with E-state index in [1.807, 2.05) is 0 Å². The van der Waals surface area contributed by atoms with Gasteiger partial charge in [0.2, 0.25) is 0 Å². The Morgan fingerprint density at radius 1 is 0.966 bits per heavy atom. The van der Waals surface area contributed by atoms with Gasteiger partial charge in [0, 0.05) is 11.9 Å². The van der Waals surface area contributed by atoms with Crippen molar-refractivity contribution in [2.24, 2.45) is 0 Å². The fraction of sp³-hybridized carbons (Fsp3) is 0.100. The van der Waals surface area contributed by atoms with Crippen molar-refractivity contribution in [2.75, 3.05) is 24.3 Å². The summed E-state index contributed by atoms with van der Waals surface area (Å²) < 4.78 is 38.3. The van der Waals surface area contributed by atoms with Gasteiger partial charge in [-0.05, 0) is 54.6 Å². The smallest absolute Gasteiger partial charge is 0.274 e. The van der Waals surface area contributed by atoms with Crippen LogP contribution >= 0.6 is 0 Å². The Balaban J connectivity index is 1.87. The summed E-state index contributed by atoms with van der Waals surface area (Å²) in [6.45, 7) is 0. The van der Waals surface area contributed by atoms with Crippen LogP contribution < -0.4 is 19.5 Å². The van der Waals surface area contributed by atoms with Gasteiger partial charge in [-0.2, -0.15) is 0 Å². The van der Waals surface area contributed by atoms with E-state index in [4.69, 9.17) is 9.47 Å². The number of aromatic nitrogens is 1. The molecule has 0 aliphatic carbocycles. The summed E-state index contributed by atoms with van der Waals surface area (Å²) in [5, 5.41) is 2.63. The first kappa shape index (κ1) is 20.2. The van der Waals surface area contributed by atoms with Crippen LogP contribution in [-0.2, 0) is 10.0 Å². The minimum atomic E-state index is -3.89. The minimum Gasteiger partial charge on any atom is -0.497 e. The summed E-state index contributed by atoms with van der Waals surface area (Å²) in [7, 11) is -0.943. The molecule has 0 aliphatic rings. The third-order valence-corrected chi connectivity index (χ3v) is 5.35. The summed E-state index contributed by atoms with van der Waals surface area (Å²) in [6.07, 6.45) is 1.49. The highest BCUT2D eigenvalue weighted by Crippen LogP contribution is 2.29. The van der Waals surface area contributed by atoms with Gasteiger partial charge in [-0.3, -0.25) is 14.5 Å². The highest BCUT2D eigenvalue weighted by molar-refractivity contribution is 7.92. The van der Waals surface area contributed by atoms with Crippen LogP contribution in [-0.4, -0.2) is 33.5 Å². The molecule has 0 spiro atoms. The number of amides is 1. The van der Waals surface area contributed by atoms with Crippen molar-refractivity contribution < 1.29 is 22.7 Å². The molecule has 150 valence electrons. The Bertz CT molecular complexity index is 1100. The van der Waals surface area contributed by atoms with Crippen LogP contribution in [0, 0.1) is 0 Å². The molecule has 29 heavy (non-hydrogen) atoms. The van der Waals surface area contributed by atoms with E-state index < -0.39 is 15.9 Å². The molecule has 0 aliphatic heterocycles. The van der Waals surface area contributed by atoms with Crippen molar-refractivity contribution in [1.29, 1.82) is 0 Å². The van der Waals surface area contributed by atoms with E-state index in [0.29, 0.717) is 17.2 Å². The van der Waals surface area contributed by atoms with Crippen LogP contribution in [0.3, 0.4) is 0 Å². The van der Waals surface area contributed by atoms with Crippen LogP contribution in [0.25, 0.3) is 0 Å². The highest BCUT2D eigenvalue weighted by atomic mass is 32.2. The number of methoxy groups -OCH3 is 2. The Hall–Kier alpha value is -3.59. The van der Waals surface area contributed by atoms with Gasteiger partial charge in [-0.25, -0.2) is 8.42 Å².